The van der Waals surface area contributed by atoms with Crippen molar-refractivity contribution in [2.75, 3.05) is 19.4 Å². The molecule has 0 spiro atoms. The molecule has 13 nitrogen and oxygen atoms in total. The third-order valence-corrected chi connectivity index (χ3v) is 6.89. The quantitative estimate of drug-likeness (QED) is 0.279. The Morgan fingerprint density at radius 2 is 2.00 bits per heavy atom. The number of imidazole rings is 1. The number of anilines is 1. The van der Waals surface area contributed by atoms with Gasteiger partial charge in [0.1, 0.15) is 29.4 Å². The van der Waals surface area contributed by atoms with Crippen molar-refractivity contribution < 1.29 is 19.5 Å². The van der Waals surface area contributed by atoms with Gasteiger partial charge in [-0.15, -0.1) is 0 Å². The van der Waals surface area contributed by atoms with Gasteiger partial charge in [0.2, 0.25) is 11.8 Å². The number of nitrogens with zero attached hydrogens (tertiary/aromatic N) is 5. The topological polar surface area (TPSA) is 175 Å². The molecule has 0 radical (unpaired) electrons. The largest absolute Gasteiger partial charge is 0.465 e. The number of pyridine rings is 1. The molecule has 4 N–H and O–H groups in total. The Labute approximate surface area is 230 Å². The third kappa shape index (κ3) is 7.10. The lowest BCUT2D eigenvalue weighted by molar-refractivity contribution is -0.123. The van der Waals surface area contributed by atoms with Gasteiger partial charge in [-0.2, -0.15) is 0 Å². The number of hydrogen-bond donors (Lipinski definition) is 4. The Balaban J connectivity index is 1.47. The van der Waals surface area contributed by atoms with Crippen molar-refractivity contribution in [2.24, 2.45) is 0 Å². The van der Waals surface area contributed by atoms with Crippen molar-refractivity contribution in [1.29, 1.82) is 0 Å². The summed E-state index contributed by atoms with van der Waals surface area (Å²) in [5, 5.41) is 13.9. The second kappa shape index (κ2) is 13.0. The van der Waals surface area contributed by atoms with Gasteiger partial charge in [0.25, 0.3) is 5.56 Å². The minimum atomic E-state index is -1.38. The lowest BCUT2D eigenvalue weighted by Crippen LogP contribution is -2.44. The molecule has 0 saturated heterocycles. The number of aromatic amines is 1. The number of aromatic nitrogens is 5. The molecule has 1 unspecified atom stereocenters. The summed E-state index contributed by atoms with van der Waals surface area (Å²) >= 11 is 0. The first-order valence-corrected chi connectivity index (χ1v) is 13.3. The summed E-state index contributed by atoms with van der Waals surface area (Å²) in [5.41, 5.74) is 1.81. The summed E-state index contributed by atoms with van der Waals surface area (Å²) in [6, 6.07) is 1.94. The average Bonchev–Trinajstić information content (AvgIpc) is 3.35. The predicted molar refractivity (Wildman–Crippen MR) is 148 cm³/mol. The number of allylic oxidation sites excluding steroid dienone is 1. The van der Waals surface area contributed by atoms with Crippen molar-refractivity contribution in [3.05, 3.63) is 58.7 Å². The van der Waals surface area contributed by atoms with Crippen LogP contribution in [0.5, 0.6) is 0 Å². The van der Waals surface area contributed by atoms with Crippen molar-refractivity contribution in [3.63, 3.8) is 0 Å². The number of carboxylic acid groups (broad SMARTS) is 1. The number of likely N-dealkylation sites (N-methyl/N-ethyl adjacent to an activating group) is 1. The van der Waals surface area contributed by atoms with Crippen molar-refractivity contribution in [2.45, 2.75) is 63.5 Å². The smallest absolute Gasteiger partial charge is 0.405 e. The van der Waals surface area contributed by atoms with Gasteiger partial charge in [-0.25, -0.2) is 19.7 Å². The Morgan fingerprint density at radius 1 is 1.23 bits per heavy atom. The van der Waals surface area contributed by atoms with Gasteiger partial charge >= 0.3 is 6.09 Å². The zero-order chi connectivity index (χ0) is 28.6. The van der Waals surface area contributed by atoms with E-state index in [-0.39, 0.29) is 31.0 Å². The molecule has 1 aliphatic carbocycles. The Bertz CT molecular complexity index is 1450. The van der Waals surface area contributed by atoms with Gasteiger partial charge in [-0.05, 0) is 43.9 Å². The second-order valence-corrected chi connectivity index (χ2v) is 10.0. The lowest BCUT2D eigenvalue weighted by Gasteiger charge is -2.20. The molecule has 1 saturated carbocycles. The SMILES string of the molecule is CN(C)C(=O)C=CCCC(NC(=O)O)C(=O)Nc1cccn(Cc2nc3ncnc(C4CCCCC4)c3[nH]2)c1=O. The van der Waals surface area contributed by atoms with E-state index in [0.29, 0.717) is 17.4 Å². The summed E-state index contributed by atoms with van der Waals surface area (Å²) in [4.78, 5) is 67.1. The van der Waals surface area contributed by atoms with E-state index in [4.69, 9.17) is 0 Å². The summed E-state index contributed by atoms with van der Waals surface area (Å²) in [6.07, 6.45) is 10.7. The fourth-order valence-corrected chi connectivity index (χ4v) is 4.81. The van der Waals surface area contributed by atoms with Gasteiger partial charge < -0.3 is 30.2 Å². The van der Waals surface area contributed by atoms with Crippen LogP contribution >= 0.6 is 0 Å². The number of fused-ring (bicyclic) bond motifs is 1. The highest BCUT2D eigenvalue weighted by atomic mass is 16.4. The number of carbonyl (C=O) groups excluding carboxylic acids is 2. The van der Waals surface area contributed by atoms with Crippen LogP contribution in [0, 0.1) is 0 Å². The van der Waals surface area contributed by atoms with E-state index in [2.05, 4.69) is 30.6 Å². The minimum Gasteiger partial charge on any atom is -0.465 e. The van der Waals surface area contributed by atoms with E-state index < -0.39 is 23.6 Å². The van der Waals surface area contributed by atoms with Gasteiger partial charge in [-0.3, -0.25) is 14.4 Å². The first-order valence-electron chi connectivity index (χ1n) is 13.3. The predicted octanol–water partition coefficient (Wildman–Crippen LogP) is 2.61. The second-order valence-electron chi connectivity index (χ2n) is 10.0. The molecule has 3 heterocycles. The summed E-state index contributed by atoms with van der Waals surface area (Å²) in [7, 11) is 3.22. The van der Waals surface area contributed by atoms with E-state index in [9.17, 15) is 24.3 Å². The highest BCUT2D eigenvalue weighted by molar-refractivity contribution is 5.96. The number of H-pyrrole nitrogens is 1. The van der Waals surface area contributed by atoms with E-state index in [1.807, 2.05) is 0 Å². The highest BCUT2D eigenvalue weighted by Crippen LogP contribution is 2.33. The van der Waals surface area contributed by atoms with Crippen LogP contribution in [-0.2, 0) is 16.1 Å². The first-order chi connectivity index (χ1) is 19.2. The molecule has 0 bridgehead atoms. The van der Waals surface area contributed by atoms with Gasteiger partial charge in [0.05, 0.1) is 12.2 Å². The van der Waals surface area contributed by atoms with E-state index in [1.54, 1.807) is 32.4 Å². The molecule has 212 valence electrons. The summed E-state index contributed by atoms with van der Waals surface area (Å²) < 4.78 is 1.40. The fraction of sp³-hybridized carbons (Fsp3) is 0.444. The molecule has 13 heteroatoms. The van der Waals surface area contributed by atoms with Crippen LogP contribution in [0.2, 0.25) is 0 Å². The van der Waals surface area contributed by atoms with Crippen molar-refractivity contribution >= 4 is 34.8 Å². The molecule has 3 aromatic rings. The number of rotatable bonds is 10. The minimum absolute atomic E-state index is 0.00168. The standard InChI is InChI=1S/C27H34N8O5/c1-34(2)21(36)13-7-6-11-18(31-27(39)40)25(37)30-19-12-8-14-35(26(19)38)15-20-32-23-22(17-9-4-3-5-10-17)28-16-29-24(23)33-20/h7-8,12-14,16-18,31H,3-6,9-11,15H2,1-2H3,(H,30,37)(H,39,40)(H,28,29,32,33). The van der Waals surface area contributed by atoms with Crippen molar-refractivity contribution in [1.82, 2.24) is 34.7 Å². The zero-order valence-corrected chi connectivity index (χ0v) is 22.6. The van der Waals surface area contributed by atoms with Crippen molar-refractivity contribution in [3.8, 4) is 0 Å². The maximum Gasteiger partial charge on any atom is 0.405 e. The van der Waals surface area contributed by atoms with Crippen LogP contribution < -0.4 is 16.2 Å². The summed E-state index contributed by atoms with van der Waals surface area (Å²) in [6.45, 7) is 0.116. The highest BCUT2D eigenvalue weighted by Gasteiger charge is 2.23. The number of hydrogen-bond acceptors (Lipinski definition) is 7. The van der Waals surface area contributed by atoms with E-state index in [0.717, 1.165) is 24.1 Å². The Morgan fingerprint density at radius 3 is 2.73 bits per heavy atom. The van der Waals surface area contributed by atoms with Crippen LogP contribution in [0.4, 0.5) is 10.5 Å². The monoisotopic (exact) mass is 550 g/mol. The summed E-state index contributed by atoms with van der Waals surface area (Å²) in [5.74, 6) is -0.0211. The van der Waals surface area contributed by atoms with Gasteiger partial charge in [0.15, 0.2) is 5.65 Å². The molecule has 3 aromatic heterocycles. The van der Waals surface area contributed by atoms with Gasteiger partial charge in [-0.1, -0.05) is 25.3 Å². The zero-order valence-electron chi connectivity index (χ0n) is 22.6. The molecule has 4 rings (SSSR count). The van der Waals surface area contributed by atoms with E-state index >= 15 is 0 Å². The maximum atomic E-state index is 13.2. The molecule has 1 atom stereocenters. The number of amides is 3. The molecule has 0 aliphatic heterocycles. The first kappa shape index (κ1) is 28.5. The fourth-order valence-electron chi connectivity index (χ4n) is 4.81. The Hall–Kier alpha value is -4.55. The van der Waals surface area contributed by atoms with Crippen LogP contribution in [0.1, 0.15) is 62.4 Å². The maximum absolute atomic E-state index is 13.2. The molecule has 40 heavy (non-hydrogen) atoms. The van der Waals surface area contributed by atoms with Gasteiger partial charge in [0, 0.05) is 26.2 Å². The van der Waals surface area contributed by atoms with Crippen LogP contribution in [0.15, 0.2) is 41.6 Å². The van der Waals surface area contributed by atoms with E-state index in [1.165, 1.54) is 47.2 Å². The molecule has 0 aromatic carbocycles. The van der Waals surface area contributed by atoms with Crippen LogP contribution in [-0.4, -0.2) is 72.6 Å². The molecule has 3 amide bonds. The number of nitrogens with one attached hydrogen (secondary N) is 3. The molecule has 1 aliphatic rings. The third-order valence-electron chi connectivity index (χ3n) is 6.89. The Kier molecular flexibility index (Phi) is 9.25. The molecular weight excluding hydrogens is 516 g/mol. The van der Waals surface area contributed by atoms with Crippen LogP contribution in [0.25, 0.3) is 11.2 Å². The lowest BCUT2D eigenvalue weighted by atomic mass is 9.86. The average molecular weight is 551 g/mol. The number of carbonyl (C=O) groups is 3. The molecule has 1 fully saturated rings. The van der Waals surface area contributed by atoms with Crippen LogP contribution in [0.3, 0.4) is 0 Å². The normalized spacial score (nSPS) is 14.8. The molecular formula is C27H34N8O5.